The summed E-state index contributed by atoms with van der Waals surface area (Å²) in [5, 5.41) is 0. The van der Waals surface area contributed by atoms with Gasteiger partial charge in [-0.1, -0.05) is 12.2 Å². The van der Waals surface area contributed by atoms with E-state index in [0.29, 0.717) is 11.4 Å². The number of halogens is 1. The van der Waals surface area contributed by atoms with Crippen LogP contribution < -0.4 is 5.73 Å². The molecule has 0 aromatic carbocycles. The van der Waals surface area contributed by atoms with Gasteiger partial charge in [-0.2, -0.15) is 0 Å². The molecular weight excluding hydrogens is 276 g/mol. The normalized spacial score (nSPS) is 10.7. The fraction of sp³-hybridized carbons (Fsp3) is 0.222. The maximum Gasteiger partial charge on any atom is 0.159 e. The van der Waals surface area contributed by atoms with Crippen LogP contribution in [0.3, 0.4) is 0 Å². The zero-order chi connectivity index (χ0) is 10.8. The van der Waals surface area contributed by atoms with Crippen molar-refractivity contribution in [3.8, 4) is 0 Å². The zero-order valence-electron chi connectivity index (χ0n) is 7.85. The van der Waals surface area contributed by atoms with E-state index in [1.165, 1.54) is 0 Å². The van der Waals surface area contributed by atoms with Crippen LogP contribution in [0, 0.1) is 0 Å². The quantitative estimate of drug-likeness (QED) is 0.875. The highest BCUT2D eigenvalue weighted by Gasteiger charge is 2.04. The molecule has 0 radical (unpaired) electrons. The van der Waals surface area contributed by atoms with E-state index in [4.69, 9.17) is 18.0 Å². The monoisotopic (exact) mass is 284 g/mol. The smallest absolute Gasteiger partial charge is 0.159 e. The van der Waals surface area contributed by atoms with Crippen LogP contribution in [0.4, 0.5) is 0 Å². The second-order valence-corrected chi connectivity index (χ2v) is 4.59. The summed E-state index contributed by atoms with van der Waals surface area (Å²) < 4.78 is 2.87. The molecule has 2 heterocycles. The van der Waals surface area contributed by atoms with E-state index in [1.807, 2.05) is 10.6 Å². The van der Waals surface area contributed by atoms with E-state index >= 15 is 0 Å². The highest BCUT2D eigenvalue weighted by molar-refractivity contribution is 9.10. The predicted molar refractivity (Wildman–Crippen MR) is 66.6 cm³/mol. The Balaban J connectivity index is 2.32. The molecule has 0 saturated carbocycles. The molecule has 0 fully saturated rings. The van der Waals surface area contributed by atoms with Gasteiger partial charge in [0.15, 0.2) is 5.65 Å². The number of thiocarbonyl (C=S) groups is 1. The van der Waals surface area contributed by atoms with Crippen molar-refractivity contribution in [2.24, 2.45) is 5.73 Å². The van der Waals surface area contributed by atoms with Crippen molar-refractivity contribution < 1.29 is 0 Å². The second kappa shape index (κ2) is 4.24. The van der Waals surface area contributed by atoms with E-state index in [2.05, 4.69) is 25.9 Å². The first-order valence-corrected chi connectivity index (χ1v) is 5.61. The average Bonchev–Trinajstić information content (AvgIpc) is 2.57. The summed E-state index contributed by atoms with van der Waals surface area (Å²) in [6.45, 7) is 0.723. The van der Waals surface area contributed by atoms with Crippen LogP contribution in [0.1, 0.15) is 6.42 Å². The third kappa shape index (κ3) is 2.32. The molecule has 0 aliphatic rings. The molecule has 0 bridgehead atoms. The van der Waals surface area contributed by atoms with Gasteiger partial charge < -0.3 is 10.3 Å². The molecule has 78 valence electrons. The number of aryl methyl sites for hydroxylation is 1. The zero-order valence-corrected chi connectivity index (χ0v) is 10.3. The molecule has 0 saturated heterocycles. The first kappa shape index (κ1) is 10.5. The highest BCUT2D eigenvalue weighted by atomic mass is 79.9. The Kier molecular flexibility index (Phi) is 2.97. The molecule has 0 aliphatic carbocycles. The number of rotatable bonds is 3. The minimum atomic E-state index is 0.508. The van der Waals surface area contributed by atoms with Gasteiger partial charge in [0.2, 0.25) is 0 Å². The Hall–Kier alpha value is -1.01. The lowest BCUT2D eigenvalue weighted by Crippen LogP contribution is -2.11. The lowest BCUT2D eigenvalue weighted by atomic mass is 10.4. The van der Waals surface area contributed by atoms with Gasteiger partial charge in [0, 0.05) is 23.6 Å². The van der Waals surface area contributed by atoms with Crippen LogP contribution >= 0.6 is 28.1 Å². The number of nitrogens with zero attached hydrogens (tertiary/aromatic N) is 3. The van der Waals surface area contributed by atoms with Gasteiger partial charge in [0.25, 0.3) is 0 Å². The van der Waals surface area contributed by atoms with Crippen molar-refractivity contribution >= 4 is 44.3 Å². The first-order valence-electron chi connectivity index (χ1n) is 4.41. The van der Waals surface area contributed by atoms with Crippen LogP contribution in [0.5, 0.6) is 0 Å². The Labute approximate surface area is 101 Å². The minimum absolute atomic E-state index is 0.508. The van der Waals surface area contributed by atoms with Crippen LogP contribution in [0.15, 0.2) is 23.1 Å². The maximum atomic E-state index is 5.45. The third-order valence-electron chi connectivity index (χ3n) is 2.02. The molecule has 2 N–H and O–H groups in total. The van der Waals surface area contributed by atoms with Gasteiger partial charge in [-0.3, -0.25) is 0 Å². The molecule has 6 heteroatoms. The molecule has 2 rings (SSSR count). The molecule has 2 aromatic heterocycles. The molecule has 2 aromatic rings. The largest absolute Gasteiger partial charge is 0.393 e. The van der Waals surface area contributed by atoms with Crippen molar-refractivity contribution in [3.63, 3.8) is 0 Å². The molecular formula is C9H9BrN4S. The van der Waals surface area contributed by atoms with E-state index < -0.39 is 0 Å². The Morgan fingerprint density at radius 2 is 2.33 bits per heavy atom. The topological polar surface area (TPSA) is 56.7 Å². The molecule has 0 atom stereocenters. The fourth-order valence-electron chi connectivity index (χ4n) is 1.32. The van der Waals surface area contributed by atoms with Gasteiger partial charge in [0.1, 0.15) is 5.52 Å². The molecule has 0 spiro atoms. The lowest BCUT2D eigenvalue weighted by Gasteiger charge is -2.01. The van der Waals surface area contributed by atoms with E-state index in [0.717, 1.165) is 22.2 Å². The van der Waals surface area contributed by atoms with Crippen LogP contribution in [-0.4, -0.2) is 19.5 Å². The van der Waals surface area contributed by atoms with Crippen LogP contribution in [-0.2, 0) is 6.54 Å². The number of imidazole rings is 1. The standard InChI is InChI=1S/C9H9BrN4S/c10-6-3-7-9(12-4-6)14(5-13-7)2-1-8(11)15/h3-5H,1-2H2,(H2,11,15). The Morgan fingerprint density at radius 3 is 3.07 bits per heavy atom. The summed E-state index contributed by atoms with van der Waals surface area (Å²) in [6, 6.07) is 1.93. The van der Waals surface area contributed by atoms with Crippen LogP contribution in [0.25, 0.3) is 11.2 Å². The van der Waals surface area contributed by atoms with E-state index in [1.54, 1.807) is 12.5 Å². The Bertz CT molecular complexity index is 508. The fourth-order valence-corrected chi connectivity index (χ4v) is 1.73. The number of fused-ring (bicyclic) bond motifs is 1. The summed E-state index contributed by atoms with van der Waals surface area (Å²) in [4.78, 5) is 9.04. The molecule has 15 heavy (non-hydrogen) atoms. The summed E-state index contributed by atoms with van der Waals surface area (Å²) in [5.74, 6) is 0. The maximum absolute atomic E-state index is 5.45. The first-order chi connectivity index (χ1) is 7.16. The third-order valence-corrected chi connectivity index (χ3v) is 2.66. The summed E-state index contributed by atoms with van der Waals surface area (Å²) in [6.07, 6.45) is 4.17. The van der Waals surface area contributed by atoms with Gasteiger partial charge in [-0.05, 0) is 22.0 Å². The second-order valence-electron chi connectivity index (χ2n) is 3.15. The number of hydrogen-bond donors (Lipinski definition) is 1. The number of aromatic nitrogens is 3. The van der Waals surface area contributed by atoms with E-state index in [-0.39, 0.29) is 0 Å². The predicted octanol–water partition coefficient (Wildman–Crippen LogP) is 1.87. The van der Waals surface area contributed by atoms with Crippen molar-refractivity contribution in [1.29, 1.82) is 0 Å². The molecule has 4 nitrogen and oxygen atoms in total. The van der Waals surface area contributed by atoms with E-state index in [9.17, 15) is 0 Å². The lowest BCUT2D eigenvalue weighted by molar-refractivity contribution is 0.741. The van der Waals surface area contributed by atoms with Crippen molar-refractivity contribution in [2.45, 2.75) is 13.0 Å². The summed E-state index contributed by atoms with van der Waals surface area (Å²) in [7, 11) is 0. The van der Waals surface area contributed by atoms with Crippen molar-refractivity contribution in [3.05, 3.63) is 23.1 Å². The number of pyridine rings is 1. The van der Waals surface area contributed by atoms with Gasteiger partial charge in [0.05, 0.1) is 11.3 Å². The molecule has 0 aliphatic heterocycles. The van der Waals surface area contributed by atoms with Crippen molar-refractivity contribution in [1.82, 2.24) is 14.5 Å². The summed E-state index contributed by atoms with van der Waals surface area (Å²) >= 11 is 8.18. The van der Waals surface area contributed by atoms with Crippen molar-refractivity contribution in [2.75, 3.05) is 0 Å². The van der Waals surface area contributed by atoms with Gasteiger partial charge in [-0.25, -0.2) is 9.97 Å². The number of nitrogens with two attached hydrogens (primary N) is 1. The summed E-state index contributed by atoms with van der Waals surface area (Å²) in [5.41, 5.74) is 7.17. The molecule has 0 unspecified atom stereocenters. The minimum Gasteiger partial charge on any atom is -0.393 e. The Morgan fingerprint density at radius 1 is 1.53 bits per heavy atom. The molecule has 0 amide bonds. The average molecular weight is 285 g/mol. The van der Waals surface area contributed by atoms with Gasteiger partial charge >= 0.3 is 0 Å². The van der Waals surface area contributed by atoms with Gasteiger partial charge in [-0.15, -0.1) is 0 Å². The highest BCUT2D eigenvalue weighted by Crippen LogP contribution is 2.15. The number of hydrogen-bond acceptors (Lipinski definition) is 3. The van der Waals surface area contributed by atoms with Crippen LogP contribution in [0.2, 0.25) is 0 Å². The SMILES string of the molecule is NC(=S)CCn1cnc2cc(Br)cnc21.